The monoisotopic (exact) mass is 282 g/mol. The Labute approximate surface area is 117 Å². The molecule has 1 atom stereocenters. The van der Waals surface area contributed by atoms with E-state index in [9.17, 15) is 0 Å². The molecule has 0 spiro atoms. The Hall–Kier alpha value is 0.01000. The van der Waals surface area contributed by atoms with Crippen molar-refractivity contribution in [1.82, 2.24) is 0 Å². The molecule has 0 aliphatic carbocycles. The van der Waals surface area contributed by atoms with Crippen LogP contribution in [0.2, 0.25) is 0 Å². The highest BCUT2D eigenvalue weighted by Crippen LogP contribution is 2.53. The van der Waals surface area contributed by atoms with Crippen molar-refractivity contribution in [3.8, 4) is 0 Å². The molecule has 17 heavy (non-hydrogen) atoms. The highest BCUT2D eigenvalue weighted by molar-refractivity contribution is 8.24. The fraction of sp³-hybridized carbons (Fsp3) is 0.429. The summed E-state index contributed by atoms with van der Waals surface area (Å²) in [7, 11) is 0. The first-order chi connectivity index (χ1) is 8.22. The van der Waals surface area contributed by atoms with E-state index in [2.05, 4.69) is 61.3 Å². The number of hydrogen-bond donors (Lipinski definition) is 0. The minimum atomic E-state index is 0.512. The Balaban J connectivity index is 1.78. The maximum absolute atomic E-state index is 3.73. The zero-order chi connectivity index (χ0) is 12.1. The standard InChI is InChI=1S/C14H18S3/c1-3-8-15-9-12-4-6-13(7-5-12)10-16-14(2)11-17-14/h3-7H,1,8-11H2,2H3. The van der Waals surface area contributed by atoms with E-state index in [1.165, 1.54) is 16.9 Å². The van der Waals surface area contributed by atoms with E-state index < -0.39 is 0 Å². The van der Waals surface area contributed by atoms with Crippen LogP contribution in [0.25, 0.3) is 0 Å². The summed E-state index contributed by atoms with van der Waals surface area (Å²) < 4.78 is 0.512. The van der Waals surface area contributed by atoms with Crippen LogP contribution < -0.4 is 0 Å². The predicted octanol–water partition coefficient (Wildman–Crippen LogP) is 4.80. The van der Waals surface area contributed by atoms with Gasteiger partial charge < -0.3 is 0 Å². The molecule has 1 aromatic carbocycles. The maximum atomic E-state index is 3.73. The van der Waals surface area contributed by atoms with Gasteiger partial charge in [0.25, 0.3) is 0 Å². The second kappa shape index (κ2) is 6.26. The summed E-state index contributed by atoms with van der Waals surface area (Å²) in [6, 6.07) is 9.06. The zero-order valence-corrected chi connectivity index (χ0v) is 12.6. The average molecular weight is 282 g/mol. The third kappa shape index (κ3) is 4.65. The second-order valence-corrected chi connectivity index (χ2v) is 8.58. The molecule has 1 saturated heterocycles. The Morgan fingerprint density at radius 3 is 2.41 bits per heavy atom. The quantitative estimate of drug-likeness (QED) is 0.400. The topological polar surface area (TPSA) is 0 Å². The predicted molar refractivity (Wildman–Crippen MR) is 85.0 cm³/mol. The molecule has 0 nitrogen and oxygen atoms in total. The van der Waals surface area contributed by atoms with Crippen molar-refractivity contribution in [3.05, 3.63) is 48.0 Å². The first-order valence-corrected chi connectivity index (χ1v) is 8.89. The molecule has 0 saturated carbocycles. The first-order valence-electron chi connectivity index (χ1n) is 5.76. The number of benzene rings is 1. The molecule has 1 aromatic rings. The van der Waals surface area contributed by atoms with Gasteiger partial charge in [-0.3, -0.25) is 0 Å². The van der Waals surface area contributed by atoms with Crippen LogP contribution in [0.4, 0.5) is 0 Å². The molecule has 0 N–H and O–H groups in total. The van der Waals surface area contributed by atoms with Crippen LogP contribution in [0.3, 0.4) is 0 Å². The van der Waals surface area contributed by atoms with Gasteiger partial charge >= 0.3 is 0 Å². The van der Waals surface area contributed by atoms with Crippen LogP contribution in [0.1, 0.15) is 18.1 Å². The number of rotatable bonds is 7. The lowest BCUT2D eigenvalue weighted by Crippen LogP contribution is -1.95. The SMILES string of the molecule is C=CCSCc1ccc(CSC2(C)CS2)cc1. The molecule has 1 heterocycles. The van der Waals surface area contributed by atoms with Gasteiger partial charge in [0.15, 0.2) is 0 Å². The summed E-state index contributed by atoms with van der Waals surface area (Å²) >= 11 is 6.04. The number of thioether (sulfide) groups is 3. The van der Waals surface area contributed by atoms with Gasteiger partial charge in [0.1, 0.15) is 0 Å². The lowest BCUT2D eigenvalue weighted by molar-refractivity contribution is 1.15. The minimum absolute atomic E-state index is 0.512. The summed E-state index contributed by atoms with van der Waals surface area (Å²) in [6.07, 6.45) is 1.96. The molecule has 1 aliphatic heterocycles. The summed E-state index contributed by atoms with van der Waals surface area (Å²) in [5.41, 5.74) is 2.86. The van der Waals surface area contributed by atoms with Crippen molar-refractivity contribution in [2.24, 2.45) is 0 Å². The maximum Gasteiger partial charge on any atom is 0.0677 e. The summed E-state index contributed by atoms with van der Waals surface area (Å²) in [6.45, 7) is 6.07. The minimum Gasteiger partial charge on any atom is -0.153 e. The van der Waals surface area contributed by atoms with Crippen molar-refractivity contribution >= 4 is 35.3 Å². The smallest absolute Gasteiger partial charge is 0.0677 e. The van der Waals surface area contributed by atoms with Gasteiger partial charge in [-0.25, -0.2) is 0 Å². The van der Waals surface area contributed by atoms with Gasteiger partial charge in [0.2, 0.25) is 0 Å². The lowest BCUT2D eigenvalue weighted by atomic mass is 10.2. The fourth-order valence-electron chi connectivity index (χ4n) is 1.41. The number of hydrogen-bond acceptors (Lipinski definition) is 3. The van der Waals surface area contributed by atoms with E-state index in [1.807, 2.05) is 17.8 Å². The van der Waals surface area contributed by atoms with Crippen LogP contribution in [0.5, 0.6) is 0 Å². The zero-order valence-electron chi connectivity index (χ0n) is 10.1. The molecule has 2 rings (SSSR count). The summed E-state index contributed by atoms with van der Waals surface area (Å²) in [5, 5.41) is 0. The van der Waals surface area contributed by atoms with E-state index in [-0.39, 0.29) is 0 Å². The molecule has 0 amide bonds. The van der Waals surface area contributed by atoms with E-state index in [4.69, 9.17) is 0 Å². The molecule has 1 aliphatic rings. The third-order valence-electron chi connectivity index (χ3n) is 2.62. The summed E-state index contributed by atoms with van der Waals surface area (Å²) in [5.74, 6) is 4.58. The van der Waals surface area contributed by atoms with Crippen molar-refractivity contribution in [3.63, 3.8) is 0 Å². The van der Waals surface area contributed by atoms with Crippen LogP contribution >= 0.6 is 35.3 Å². The highest BCUT2D eigenvalue weighted by atomic mass is 32.2. The Morgan fingerprint density at radius 2 is 1.88 bits per heavy atom. The van der Waals surface area contributed by atoms with Crippen molar-refractivity contribution in [1.29, 1.82) is 0 Å². The van der Waals surface area contributed by atoms with E-state index in [0.29, 0.717) is 4.08 Å². The molecule has 3 heteroatoms. The molecule has 1 fully saturated rings. The average Bonchev–Trinajstić information content (AvgIpc) is 3.07. The third-order valence-corrected chi connectivity index (χ3v) is 6.88. The normalized spacial score (nSPS) is 22.4. The molecule has 1 unspecified atom stereocenters. The van der Waals surface area contributed by atoms with Gasteiger partial charge in [-0.1, -0.05) is 30.3 Å². The molecular formula is C14H18S3. The van der Waals surface area contributed by atoms with E-state index in [0.717, 1.165) is 17.3 Å². The van der Waals surface area contributed by atoms with Crippen LogP contribution in [0.15, 0.2) is 36.9 Å². The molecule has 0 bridgehead atoms. The van der Waals surface area contributed by atoms with E-state index in [1.54, 1.807) is 0 Å². The van der Waals surface area contributed by atoms with Gasteiger partial charge in [-0.15, -0.1) is 30.1 Å². The Morgan fingerprint density at radius 1 is 1.29 bits per heavy atom. The van der Waals surface area contributed by atoms with Crippen LogP contribution in [0, 0.1) is 0 Å². The van der Waals surface area contributed by atoms with Crippen molar-refractivity contribution in [2.45, 2.75) is 22.5 Å². The Kier molecular flexibility index (Phi) is 4.95. The van der Waals surface area contributed by atoms with Crippen molar-refractivity contribution < 1.29 is 0 Å². The fourth-order valence-corrected chi connectivity index (χ4v) is 4.01. The van der Waals surface area contributed by atoms with Gasteiger partial charge in [-0.2, -0.15) is 11.8 Å². The molecule has 0 radical (unpaired) electrons. The van der Waals surface area contributed by atoms with Crippen molar-refractivity contribution in [2.75, 3.05) is 11.5 Å². The molecule has 92 valence electrons. The van der Waals surface area contributed by atoms with Crippen LogP contribution in [-0.4, -0.2) is 15.6 Å². The van der Waals surface area contributed by atoms with Crippen LogP contribution in [-0.2, 0) is 11.5 Å². The Bertz CT molecular complexity index is 366. The molecule has 0 aromatic heterocycles. The highest BCUT2D eigenvalue weighted by Gasteiger charge is 2.38. The summed E-state index contributed by atoms with van der Waals surface area (Å²) in [4.78, 5) is 0. The van der Waals surface area contributed by atoms with Gasteiger partial charge in [0, 0.05) is 23.0 Å². The van der Waals surface area contributed by atoms with Gasteiger partial charge in [0.05, 0.1) is 4.08 Å². The lowest BCUT2D eigenvalue weighted by Gasteiger charge is -2.07. The van der Waals surface area contributed by atoms with Gasteiger partial charge in [-0.05, 0) is 18.1 Å². The largest absolute Gasteiger partial charge is 0.153 e. The van der Waals surface area contributed by atoms with E-state index >= 15 is 0 Å². The first kappa shape index (κ1) is 13.4. The molecular weight excluding hydrogens is 264 g/mol. The second-order valence-electron chi connectivity index (χ2n) is 4.33.